The highest BCUT2D eigenvalue weighted by atomic mass is 16.5. The number of hydrogen-bond acceptors (Lipinski definition) is 3. The SMILES string of the molecule is CN(C)C=C1C(=O)Nc2cc(Oc3ccccc3)ccc21. The number of para-hydroxylation sites is 1. The standard InChI is InChI=1S/C17H16N2O2/c1-19(2)11-15-14-9-8-13(10-16(14)18-17(15)20)21-12-6-4-3-5-7-12/h3-11H,1-2H3,(H,18,20). The minimum Gasteiger partial charge on any atom is -0.457 e. The molecule has 1 aliphatic rings. The van der Waals surface area contributed by atoms with Crippen LogP contribution in [0.4, 0.5) is 5.69 Å². The van der Waals surface area contributed by atoms with Crippen LogP contribution >= 0.6 is 0 Å². The number of benzene rings is 2. The fourth-order valence-corrected chi connectivity index (χ4v) is 2.25. The average molecular weight is 280 g/mol. The number of fused-ring (bicyclic) bond motifs is 1. The second-order valence-electron chi connectivity index (χ2n) is 5.08. The molecule has 1 aliphatic heterocycles. The average Bonchev–Trinajstić information content (AvgIpc) is 2.75. The van der Waals surface area contributed by atoms with Crippen LogP contribution in [0.3, 0.4) is 0 Å². The third-order valence-electron chi connectivity index (χ3n) is 3.14. The lowest BCUT2D eigenvalue weighted by molar-refractivity contribution is -0.110. The molecule has 0 aliphatic carbocycles. The lowest BCUT2D eigenvalue weighted by atomic mass is 10.1. The van der Waals surface area contributed by atoms with E-state index in [0.29, 0.717) is 11.3 Å². The van der Waals surface area contributed by atoms with E-state index >= 15 is 0 Å². The maximum Gasteiger partial charge on any atom is 0.257 e. The molecule has 4 heteroatoms. The zero-order valence-corrected chi connectivity index (χ0v) is 12.0. The normalized spacial score (nSPS) is 14.8. The van der Waals surface area contributed by atoms with Crippen LogP contribution in [-0.4, -0.2) is 24.9 Å². The van der Waals surface area contributed by atoms with Gasteiger partial charge in [-0.05, 0) is 24.3 Å². The molecule has 21 heavy (non-hydrogen) atoms. The van der Waals surface area contributed by atoms with Crippen molar-refractivity contribution in [2.75, 3.05) is 19.4 Å². The summed E-state index contributed by atoms with van der Waals surface area (Å²) >= 11 is 0. The summed E-state index contributed by atoms with van der Waals surface area (Å²) in [5.41, 5.74) is 2.34. The number of ether oxygens (including phenoxy) is 1. The highest BCUT2D eigenvalue weighted by Crippen LogP contribution is 2.35. The molecule has 2 aromatic rings. The molecule has 0 saturated carbocycles. The van der Waals surface area contributed by atoms with Crippen molar-refractivity contribution in [3.05, 3.63) is 60.3 Å². The summed E-state index contributed by atoms with van der Waals surface area (Å²) in [5, 5.41) is 2.87. The van der Waals surface area contributed by atoms with Crippen molar-refractivity contribution >= 4 is 17.2 Å². The van der Waals surface area contributed by atoms with Crippen LogP contribution in [-0.2, 0) is 4.79 Å². The van der Waals surface area contributed by atoms with Gasteiger partial charge in [0.25, 0.3) is 5.91 Å². The summed E-state index contributed by atoms with van der Waals surface area (Å²) in [6.45, 7) is 0. The molecule has 0 spiro atoms. The molecule has 4 nitrogen and oxygen atoms in total. The Labute approximate surface area is 123 Å². The van der Waals surface area contributed by atoms with Crippen molar-refractivity contribution < 1.29 is 9.53 Å². The number of hydrogen-bond donors (Lipinski definition) is 1. The van der Waals surface area contributed by atoms with Gasteiger partial charge in [0.2, 0.25) is 0 Å². The Balaban J connectivity index is 1.90. The zero-order chi connectivity index (χ0) is 14.8. The molecule has 3 rings (SSSR count). The van der Waals surface area contributed by atoms with Crippen molar-refractivity contribution in [3.63, 3.8) is 0 Å². The van der Waals surface area contributed by atoms with Crippen LogP contribution in [0.2, 0.25) is 0 Å². The summed E-state index contributed by atoms with van der Waals surface area (Å²) < 4.78 is 5.77. The molecular weight excluding hydrogens is 264 g/mol. The molecule has 0 aromatic heterocycles. The molecule has 106 valence electrons. The monoisotopic (exact) mass is 280 g/mol. The second kappa shape index (κ2) is 5.32. The Hall–Kier alpha value is -2.75. The number of carbonyl (C=O) groups is 1. The van der Waals surface area contributed by atoms with Gasteiger partial charge in [0.05, 0.1) is 11.3 Å². The van der Waals surface area contributed by atoms with Gasteiger partial charge in [-0.15, -0.1) is 0 Å². The first-order valence-corrected chi connectivity index (χ1v) is 6.70. The summed E-state index contributed by atoms with van der Waals surface area (Å²) in [7, 11) is 3.79. The third kappa shape index (κ3) is 2.74. The van der Waals surface area contributed by atoms with Crippen LogP contribution < -0.4 is 10.1 Å². The third-order valence-corrected chi connectivity index (χ3v) is 3.14. The number of rotatable bonds is 3. The van der Waals surface area contributed by atoms with Gasteiger partial charge < -0.3 is 15.0 Å². The number of anilines is 1. The van der Waals surface area contributed by atoms with E-state index in [4.69, 9.17) is 4.74 Å². The molecule has 1 N–H and O–H groups in total. The highest BCUT2D eigenvalue weighted by molar-refractivity contribution is 6.31. The lowest BCUT2D eigenvalue weighted by Crippen LogP contribution is -2.08. The summed E-state index contributed by atoms with van der Waals surface area (Å²) in [6, 6.07) is 15.2. The van der Waals surface area contributed by atoms with Gasteiger partial charge in [-0.2, -0.15) is 0 Å². The largest absolute Gasteiger partial charge is 0.457 e. The molecule has 1 amide bonds. The van der Waals surface area contributed by atoms with E-state index in [2.05, 4.69) is 5.32 Å². The molecule has 0 saturated heterocycles. The quantitative estimate of drug-likeness (QED) is 0.877. The number of carbonyl (C=O) groups excluding carboxylic acids is 1. The van der Waals surface area contributed by atoms with Gasteiger partial charge in [-0.25, -0.2) is 0 Å². The van der Waals surface area contributed by atoms with E-state index in [1.165, 1.54) is 0 Å². The Morgan fingerprint density at radius 1 is 1.05 bits per heavy atom. The van der Waals surface area contributed by atoms with Crippen LogP contribution in [0.5, 0.6) is 11.5 Å². The summed E-state index contributed by atoms with van der Waals surface area (Å²) in [5.74, 6) is 1.38. The number of nitrogens with one attached hydrogen (secondary N) is 1. The van der Waals surface area contributed by atoms with Crippen molar-refractivity contribution in [3.8, 4) is 11.5 Å². The maximum absolute atomic E-state index is 12.0. The van der Waals surface area contributed by atoms with Gasteiger partial charge in [-0.1, -0.05) is 18.2 Å². The van der Waals surface area contributed by atoms with E-state index < -0.39 is 0 Å². The molecule has 1 heterocycles. The van der Waals surface area contributed by atoms with Gasteiger partial charge in [0, 0.05) is 31.9 Å². The molecule has 0 atom stereocenters. The molecule has 0 radical (unpaired) electrons. The van der Waals surface area contributed by atoms with E-state index in [0.717, 1.165) is 17.0 Å². The first-order valence-electron chi connectivity index (χ1n) is 6.70. The van der Waals surface area contributed by atoms with Crippen molar-refractivity contribution in [2.45, 2.75) is 0 Å². The van der Waals surface area contributed by atoms with E-state index in [1.54, 1.807) is 0 Å². The molecule has 0 unspecified atom stereocenters. The van der Waals surface area contributed by atoms with Gasteiger partial charge in [0.1, 0.15) is 11.5 Å². The second-order valence-corrected chi connectivity index (χ2v) is 5.08. The molecule has 0 fully saturated rings. The van der Waals surface area contributed by atoms with Crippen LogP contribution in [0, 0.1) is 0 Å². The Morgan fingerprint density at radius 3 is 2.52 bits per heavy atom. The first-order chi connectivity index (χ1) is 10.1. The van der Waals surface area contributed by atoms with Gasteiger partial charge >= 0.3 is 0 Å². The van der Waals surface area contributed by atoms with Crippen LogP contribution in [0.1, 0.15) is 5.56 Å². The fourth-order valence-electron chi connectivity index (χ4n) is 2.25. The number of nitrogens with zero attached hydrogens (tertiary/aromatic N) is 1. The number of amides is 1. The van der Waals surface area contributed by atoms with E-state index in [9.17, 15) is 4.79 Å². The van der Waals surface area contributed by atoms with Crippen molar-refractivity contribution in [1.29, 1.82) is 0 Å². The Bertz CT molecular complexity index is 706. The maximum atomic E-state index is 12.0. The first kappa shape index (κ1) is 13.2. The fraction of sp³-hybridized carbons (Fsp3) is 0.118. The predicted octanol–water partition coefficient (Wildman–Crippen LogP) is 3.33. The lowest BCUT2D eigenvalue weighted by Gasteiger charge is -2.08. The molecular formula is C17H16N2O2. The minimum atomic E-state index is -0.0874. The van der Waals surface area contributed by atoms with Crippen LogP contribution in [0.15, 0.2) is 54.7 Å². The van der Waals surface area contributed by atoms with E-state index in [1.807, 2.05) is 73.7 Å². The predicted molar refractivity (Wildman–Crippen MR) is 83.3 cm³/mol. The topological polar surface area (TPSA) is 41.6 Å². The zero-order valence-electron chi connectivity index (χ0n) is 12.0. The summed E-state index contributed by atoms with van der Waals surface area (Å²) in [4.78, 5) is 13.8. The van der Waals surface area contributed by atoms with Crippen molar-refractivity contribution in [1.82, 2.24) is 4.90 Å². The minimum absolute atomic E-state index is 0.0874. The Morgan fingerprint density at radius 2 is 1.81 bits per heavy atom. The van der Waals surface area contributed by atoms with E-state index in [-0.39, 0.29) is 5.91 Å². The highest BCUT2D eigenvalue weighted by Gasteiger charge is 2.24. The van der Waals surface area contributed by atoms with Gasteiger partial charge in [0.15, 0.2) is 0 Å². The van der Waals surface area contributed by atoms with Gasteiger partial charge in [-0.3, -0.25) is 4.79 Å². The molecule has 2 aromatic carbocycles. The molecule has 0 bridgehead atoms. The van der Waals surface area contributed by atoms with Crippen LogP contribution in [0.25, 0.3) is 5.57 Å². The van der Waals surface area contributed by atoms with Crippen molar-refractivity contribution in [2.24, 2.45) is 0 Å². The Kier molecular flexibility index (Phi) is 3.36. The smallest absolute Gasteiger partial charge is 0.257 e. The summed E-state index contributed by atoms with van der Waals surface area (Å²) in [6.07, 6.45) is 1.82.